The molecule has 15 heavy (non-hydrogen) atoms. The number of hydrogen-bond acceptors (Lipinski definition) is 4. The molecule has 0 unspecified atom stereocenters. The minimum atomic E-state index is 0.476. The van der Waals surface area contributed by atoms with Crippen LogP contribution in [0, 0.1) is 0 Å². The summed E-state index contributed by atoms with van der Waals surface area (Å²) in [6.07, 6.45) is 1.45. The van der Waals surface area contributed by atoms with Crippen LogP contribution < -0.4 is 10.5 Å². The molecule has 1 aromatic heterocycles. The first-order valence-electron chi connectivity index (χ1n) is 4.85. The molecule has 0 spiro atoms. The number of aromatic nitrogens is 2. The number of methoxy groups -OCH3 is 1. The lowest BCUT2D eigenvalue weighted by atomic mass is 10.2. The Bertz CT molecular complexity index is 443. The van der Waals surface area contributed by atoms with Crippen molar-refractivity contribution in [3.63, 3.8) is 0 Å². The Kier molecular flexibility index (Phi) is 3.85. The zero-order chi connectivity index (χ0) is 11.3. The van der Waals surface area contributed by atoms with E-state index in [-0.39, 0.29) is 0 Å². The third-order valence-electron chi connectivity index (χ3n) is 1.87. The molecule has 0 bridgehead atoms. The summed E-state index contributed by atoms with van der Waals surface area (Å²) in [6, 6.07) is 5.52. The quantitative estimate of drug-likeness (QED) is 0.775. The Labute approximate surface area is 89.1 Å². The Morgan fingerprint density at radius 3 is 2.60 bits per heavy atom. The van der Waals surface area contributed by atoms with E-state index in [0.717, 1.165) is 16.7 Å². The molecule has 0 saturated carbocycles. The summed E-state index contributed by atoms with van der Waals surface area (Å²) in [7, 11) is 1.61. The molecule has 1 aromatic carbocycles. The first kappa shape index (κ1) is 11.2. The Morgan fingerprint density at radius 1 is 1.20 bits per heavy atom. The third-order valence-corrected chi connectivity index (χ3v) is 1.87. The van der Waals surface area contributed by atoms with Crippen molar-refractivity contribution in [3.8, 4) is 5.75 Å². The second-order valence-electron chi connectivity index (χ2n) is 2.64. The maximum absolute atomic E-state index is 5.67. The molecule has 2 N–H and O–H groups in total. The minimum absolute atomic E-state index is 0.476. The second-order valence-corrected chi connectivity index (χ2v) is 2.64. The van der Waals surface area contributed by atoms with Crippen LogP contribution in [0.4, 0.5) is 5.82 Å². The predicted octanol–water partition coefficient (Wildman–Crippen LogP) is 2.25. The monoisotopic (exact) mass is 205 g/mol. The van der Waals surface area contributed by atoms with Crippen molar-refractivity contribution >= 4 is 16.7 Å². The molecule has 0 aliphatic rings. The molecule has 0 fully saturated rings. The van der Waals surface area contributed by atoms with Crippen LogP contribution in [0.15, 0.2) is 24.5 Å². The normalized spacial score (nSPS) is 9.27. The number of nitrogen functional groups attached to an aromatic ring is 1. The van der Waals surface area contributed by atoms with Crippen LogP contribution in [0.1, 0.15) is 13.8 Å². The second kappa shape index (κ2) is 5.14. The highest BCUT2D eigenvalue weighted by atomic mass is 16.5. The molecule has 2 rings (SSSR count). The molecule has 4 heteroatoms. The van der Waals surface area contributed by atoms with Gasteiger partial charge in [-0.15, -0.1) is 0 Å². The number of hydrogen-bond donors (Lipinski definition) is 1. The summed E-state index contributed by atoms with van der Waals surface area (Å²) in [5.41, 5.74) is 6.50. The lowest BCUT2D eigenvalue weighted by molar-refractivity contribution is 0.415. The molecule has 0 amide bonds. The summed E-state index contributed by atoms with van der Waals surface area (Å²) < 4.78 is 5.07. The van der Waals surface area contributed by atoms with Crippen molar-refractivity contribution in [2.24, 2.45) is 0 Å². The summed E-state index contributed by atoms with van der Waals surface area (Å²) in [5.74, 6) is 1.23. The maximum Gasteiger partial charge on any atom is 0.134 e. The average molecular weight is 205 g/mol. The van der Waals surface area contributed by atoms with E-state index in [2.05, 4.69) is 9.97 Å². The molecule has 0 aliphatic carbocycles. The van der Waals surface area contributed by atoms with Crippen molar-refractivity contribution in [1.29, 1.82) is 0 Å². The van der Waals surface area contributed by atoms with Crippen LogP contribution >= 0.6 is 0 Å². The van der Waals surface area contributed by atoms with Gasteiger partial charge in [0.2, 0.25) is 0 Å². The van der Waals surface area contributed by atoms with Gasteiger partial charge in [0.1, 0.15) is 17.9 Å². The fourth-order valence-corrected chi connectivity index (χ4v) is 1.18. The van der Waals surface area contributed by atoms with Gasteiger partial charge in [-0.1, -0.05) is 13.8 Å². The number of ether oxygens (including phenoxy) is 1. The Balaban J connectivity index is 0.000000531. The molecular weight excluding hydrogens is 190 g/mol. The van der Waals surface area contributed by atoms with Crippen LogP contribution in [-0.2, 0) is 0 Å². The van der Waals surface area contributed by atoms with E-state index in [4.69, 9.17) is 10.5 Å². The van der Waals surface area contributed by atoms with Crippen LogP contribution in [-0.4, -0.2) is 17.1 Å². The van der Waals surface area contributed by atoms with E-state index in [1.54, 1.807) is 7.11 Å². The lowest BCUT2D eigenvalue weighted by Gasteiger charge is -2.02. The van der Waals surface area contributed by atoms with Gasteiger partial charge in [-0.3, -0.25) is 0 Å². The molecule has 1 heterocycles. The van der Waals surface area contributed by atoms with Crippen LogP contribution in [0.25, 0.3) is 10.9 Å². The van der Waals surface area contributed by atoms with Gasteiger partial charge in [0, 0.05) is 5.39 Å². The fourth-order valence-electron chi connectivity index (χ4n) is 1.18. The van der Waals surface area contributed by atoms with Gasteiger partial charge in [-0.25, -0.2) is 9.97 Å². The van der Waals surface area contributed by atoms with Gasteiger partial charge in [-0.2, -0.15) is 0 Å². The molecular formula is C11H15N3O. The van der Waals surface area contributed by atoms with Gasteiger partial charge in [0.25, 0.3) is 0 Å². The van der Waals surface area contributed by atoms with Gasteiger partial charge in [0.15, 0.2) is 0 Å². The first-order valence-corrected chi connectivity index (χ1v) is 4.85. The van der Waals surface area contributed by atoms with E-state index >= 15 is 0 Å². The maximum atomic E-state index is 5.67. The summed E-state index contributed by atoms with van der Waals surface area (Å²) in [4.78, 5) is 7.96. The predicted molar refractivity (Wildman–Crippen MR) is 61.9 cm³/mol. The smallest absolute Gasteiger partial charge is 0.134 e. The van der Waals surface area contributed by atoms with Crippen molar-refractivity contribution in [3.05, 3.63) is 24.5 Å². The highest BCUT2D eigenvalue weighted by Gasteiger charge is 2.00. The molecule has 0 saturated heterocycles. The Morgan fingerprint density at radius 2 is 1.93 bits per heavy atom. The molecule has 0 radical (unpaired) electrons. The van der Waals surface area contributed by atoms with Gasteiger partial charge >= 0.3 is 0 Å². The van der Waals surface area contributed by atoms with Crippen molar-refractivity contribution in [1.82, 2.24) is 9.97 Å². The van der Waals surface area contributed by atoms with E-state index in [1.165, 1.54) is 6.33 Å². The summed E-state index contributed by atoms with van der Waals surface area (Å²) in [6.45, 7) is 4.00. The lowest BCUT2D eigenvalue weighted by Crippen LogP contribution is -1.93. The van der Waals surface area contributed by atoms with Gasteiger partial charge in [0.05, 0.1) is 12.6 Å². The minimum Gasteiger partial charge on any atom is -0.497 e. The number of fused-ring (bicyclic) bond motifs is 1. The number of anilines is 1. The largest absolute Gasteiger partial charge is 0.497 e. The van der Waals surface area contributed by atoms with Gasteiger partial charge < -0.3 is 10.5 Å². The molecule has 4 nitrogen and oxygen atoms in total. The fraction of sp³-hybridized carbons (Fsp3) is 0.273. The molecule has 0 aliphatic heterocycles. The molecule has 2 aromatic rings. The van der Waals surface area contributed by atoms with Crippen molar-refractivity contribution in [2.75, 3.05) is 12.8 Å². The summed E-state index contributed by atoms with van der Waals surface area (Å²) >= 11 is 0. The zero-order valence-corrected chi connectivity index (χ0v) is 9.19. The van der Waals surface area contributed by atoms with Crippen LogP contribution in [0.5, 0.6) is 5.75 Å². The Hall–Kier alpha value is -1.84. The molecule has 0 atom stereocenters. The van der Waals surface area contributed by atoms with Gasteiger partial charge in [-0.05, 0) is 18.2 Å². The van der Waals surface area contributed by atoms with E-state index in [0.29, 0.717) is 5.82 Å². The van der Waals surface area contributed by atoms with E-state index < -0.39 is 0 Å². The zero-order valence-electron chi connectivity index (χ0n) is 9.19. The highest BCUT2D eigenvalue weighted by molar-refractivity contribution is 5.88. The standard InChI is InChI=1S/C9H9N3O.C2H6/c1-13-6-2-3-8-7(4-6)9(10)12-5-11-8;1-2/h2-5H,1H3,(H2,10,11,12);1-2H3. The van der Waals surface area contributed by atoms with Crippen molar-refractivity contribution in [2.45, 2.75) is 13.8 Å². The number of benzene rings is 1. The van der Waals surface area contributed by atoms with Crippen LogP contribution in [0.3, 0.4) is 0 Å². The highest BCUT2D eigenvalue weighted by Crippen LogP contribution is 2.21. The van der Waals surface area contributed by atoms with Crippen LogP contribution in [0.2, 0.25) is 0 Å². The number of nitrogens with zero attached hydrogens (tertiary/aromatic N) is 2. The topological polar surface area (TPSA) is 61.0 Å². The van der Waals surface area contributed by atoms with Crippen molar-refractivity contribution < 1.29 is 4.74 Å². The summed E-state index contributed by atoms with van der Waals surface area (Å²) in [5, 5.41) is 0.821. The molecule has 80 valence electrons. The SMILES string of the molecule is CC.COc1ccc2ncnc(N)c2c1. The van der Waals surface area contributed by atoms with E-state index in [9.17, 15) is 0 Å². The average Bonchev–Trinajstić information content (AvgIpc) is 2.32. The number of rotatable bonds is 1. The first-order chi connectivity index (χ1) is 7.31. The third kappa shape index (κ3) is 2.34. The number of nitrogens with two attached hydrogens (primary N) is 1. The van der Waals surface area contributed by atoms with E-state index in [1.807, 2.05) is 32.0 Å².